The zero-order valence-electron chi connectivity index (χ0n) is 6.79. The van der Waals surface area contributed by atoms with E-state index in [4.69, 9.17) is 0 Å². The number of H-pyrrole nitrogens is 1. The van der Waals surface area contributed by atoms with Crippen molar-refractivity contribution in [2.45, 2.75) is 25.3 Å². The van der Waals surface area contributed by atoms with Crippen molar-refractivity contribution < 1.29 is 0 Å². The van der Waals surface area contributed by atoms with Gasteiger partial charge in [0.15, 0.2) is 0 Å². The molecule has 1 aliphatic rings. The molecule has 1 saturated carbocycles. The molecule has 1 fully saturated rings. The fourth-order valence-electron chi connectivity index (χ4n) is 1.29. The van der Waals surface area contributed by atoms with Crippen LogP contribution < -0.4 is 5.69 Å². The molecule has 4 heteroatoms. The molecule has 1 N–H and O–H groups in total. The van der Waals surface area contributed by atoms with E-state index in [1.54, 1.807) is 10.6 Å². The first-order chi connectivity index (χ1) is 5.83. The number of aromatic nitrogens is 3. The Kier molecular flexibility index (Phi) is 1.60. The summed E-state index contributed by atoms with van der Waals surface area (Å²) in [6.07, 6.45) is 4.02. The largest absolute Gasteiger partial charge is 0.343 e. The number of rotatable bonds is 3. The Labute approximate surface area is 69.9 Å². The van der Waals surface area contributed by atoms with Crippen LogP contribution in [0, 0.1) is 0 Å². The Balaban J connectivity index is 2.39. The molecule has 1 aromatic heterocycles. The summed E-state index contributed by atoms with van der Waals surface area (Å²) in [6.45, 7) is 4.15. The fourth-order valence-corrected chi connectivity index (χ4v) is 1.29. The predicted octanol–water partition coefficient (Wildman–Crippen LogP) is 0.635. The number of hydrogen-bond donors (Lipinski definition) is 1. The van der Waals surface area contributed by atoms with E-state index >= 15 is 0 Å². The van der Waals surface area contributed by atoms with Gasteiger partial charge < -0.3 is 0 Å². The molecule has 0 atom stereocenters. The summed E-state index contributed by atoms with van der Waals surface area (Å²) in [4.78, 5) is 11.2. The molecule has 0 spiro atoms. The molecular formula is C8H11N3O. The first kappa shape index (κ1) is 7.34. The minimum atomic E-state index is -0.128. The van der Waals surface area contributed by atoms with E-state index in [1.807, 2.05) is 0 Å². The van der Waals surface area contributed by atoms with E-state index in [0.29, 0.717) is 12.5 Å². The van der Waals surface area contributed by atoms with Gasteiger partial charge in [0.1, 0.15) is 5.82 Å². The molecule has 0 aliphatic heterocycles. The maximum Gasteiger partial charge on any atom is 0.343 e. The van der Waals surface area contributed by atoms with Gasteiger partial charge in [0.25, 0.3) is 0 Å². The van der Waals surface area contributed by atoms with E-state index in [2.05, 4.69) is 16.8 Å². The van der Waals surface area contributed by atoms with Crippen LogP contribution in [0.5, 0.6) is 0 Å². The van der Waals surface area contributed by atoms with Crippen molar-refractivity contribution in [3.05, 3.63) is 29.0 Å². The molecule has 0 bridgehead atoms. The summed E-state index contributed by atoms with van der Waals surface area (Å²) in [6, 6.07) is 0. The van der Waals surface area contributed by atoms with Gasteiger partial charge in [0.05, 0.1) is 0 Å². The summed E-state index contributed by atoms with van der Waals surface area (Å²) >= 11 is 0. The molecule has 0 radical (unpaired) electrons. The number of aromatic amines is 1. The Morgan fingerprint density at radius 3 is 3.08 bits per heavy atom. The third-order valence-corrected chi connectivity index (χ3v) is 2.04. The highest BCUT2D eigenvalue weighted by molar-refractivity contribution is 5.05. The summed E-state index contributed by atoms with van der Waals surface area (Å²) in [5.74, 6) is 1.39. The lowest BCUT2D eigenvalue weighted by atomic mass is 10.4. The van der Waals surface area contributed by atoms with E-state index in [1.165, 1.54) is 0 Å². The first-order valence-corrected chi connectivity index (χ1v) is 4.09. The Morgan fingerprint density at radius 1 is 1.75 bits per heavy atom. The zero-order valence-corrected chi connectivity index (χ0v) is 6.79. The maximum atomic E-state index is 11.2. The SMILES string of the molecule is C=CCn1c(C2CC2)n[nH]c1=O. The summed E-state index contributed by atoms with van der Waals surface area (Å²) in [7, 11) is 0. The van der Waals surface area contributed by atoms with Crippen LogP contribution in [-0.4, -0.2) is 14.8 Å². The van der Waals surface area contributed by atoms with Gasteiger partial charge in [-0.1, -0.05) is 6.08 Å². The van der Waals surface area contributed by atoms with Crippen LogP contribution >= 0.6 is 0 Å². The maximum absolute atomic E-state index is 11.2. The van der Waals surface area contributed by atoms with Gasteiger partial charge in [-0.2, -0.15) is 5.10 Å². The average Bonchev–Trinajstić information content (AvgIpc) is 2.82. The summed E-state index contributed by atoms with van der Waals surface area (Å²) < 4.78 is 1.64. The van der Waals surface area contributed by atoms with Crippen LogP contribution in [0.25, 0.3) is 0 Å². The average molecular weight is 165 g/mol. The van der Waals surface area contributed by atoms with E-state index in [9.17, 15) is 4.79 Å². The highest BCUT2D eigenvalue weighted by Gasteiger charge is 2.29. The second-order valence-electron chi connectivity index (χ2n) is 3.06. The third-order valence-electron chi connectivity index (χ3n) is 2.04. The van der Waals surface area contributed by atoms with E-state index in [-0.39, 0.29) is 5.69 Å². The van der Waals surface area contributed by atoms with Gasteiger partial charge in [-0.15, -0.1) is 6.58 Å². The molecule has 4 nitrogen and oxygen atoms in total. The monoisotopic (exact) mass is 165 g/mol. The topological polar surface area (TPSA) is 50.7 Å². The zero-order chi connectivity index (χ0) is 8.55. The minimum absolute atomic E-state index is 0.128. The lowest BCUT2D eigenvalue weighted by molar-refractivity contribution is 0.720. The van der Waals surface area contributed by atoms with Crippen molar-refractivity contribution in [1.29, 1.82) is 0 Å². The molecule has 12 heavy (non-hydrogen) atoms. The van der Waals surface area contributed by atoms with Crippen molar-refractivity contribution in [3.8, 4) is 0 Å². The van der Waals surface area contributed by atoms with Gasteiger partial charge in [0, 0.05) is 12.5 Å². The number of allylic oxidation sites excluding steroid dienone is 1. The van der Waals surface area contributed by atoms with Crippen LogP contribution in [0.3, 0.4) is 0 Å². The van der Waals surface area contributed by atoms with Gasteiger partial charge >= 0.3 is 5.69 Å². The van der Waals surface area contributed by atoms with Crippen molar-refractivity contribution in [2.75, 3.05) is 0 Å². The van der Waals surface area contributed by atoms with Crippen LogP contribution in [0.15, 0.2) is 17.4 Å². The fraction of sp³-hybridized carbons (Fsp3) is 0.500. The Morgan fingerprint density at radius 2 is 2.50 bits per heavy atom. The second-order valence-corrected chi connectivity index (χ2v) is 3.06. The van der Waals surface area contributed by atoms with Crippen LogP contribution in [0.1, 0.15) is 24.6 Å². The number of nitrogens with one attached hydrogen (secondary N) is 1. The minimum Gasteiger partial charge on any atom is -0.275 e. The second kappa shape index (κ2) is 2.62. The van der Waals surface area contributed by atoms with E-state index in [0.717, 1.165) is 18.7 Å². The Bertz CT molecular complexity index is 345. The lowest BCUT2D eigenvalue weighted by Crippen LogP contribution is -2.17. The molecule has 0 aromatic carbocycles. The van der Waals surface area contributed by atoms with Crippen LogP contribution in [0.4, 0.5) is 0 Å². The molecule has 0 amide bonds. The Hall–Kier alpha value is -1.32. The van der Waals surface area contributed by atoms with Gasteiger partial charge in [-0.25, -0.2) is 9.89 Å². The lowest BCUT2D eigenvalue weighted by Gasteiger charge is -1.98. The molecule has 64 valence electrons. The van der Waals surface area contributed by atoms with Crippen LogP contribution in [0.2, 0.25) is 0 Å². The molecule has 1 aliphatic carbocycles. The smallest absolute Gasteiger partial charge is 0.275 e. The third kappa shape index (κ3) is 1.09. The molecular weight excluding hydrogens is 154 g/mol. The molecule has 0 saturated heterocycles. The van der Waals surface area contributed by atoms with E-state index < -0.39 is 0 Å². The van der Waals surface area contributed by atoms with Gasteiger partial charge in [-0.3, -0.25) is 4.57 Å². The molecule has 1 aromatic rings. The quantitative estimate of drug-likeness (QED) is 0.668. The van der Waals surface area contributed by atoms with Crippen molar-refractivity contribution >= 4 is 0 Å². The normalized spacial score (nSPS) is 16.3. The molecule has 0 unspecified atom stereocenters. The van der Waals surface area contributed by atoms with Crippen LogP contribution in [-0.2, 0) is 6.54 Å². The van der Waals surface area contributed by atoms with Crippen molar-refractivity contribution in [2.24, 2.45) is 0 Å². The van der Waals surface area contributed by atoms with Crippen molar-refractivity contribution in [1.82, 2.24) is 14.8 Å². The highest BCUT2D eigenvalue weighted by Crippen LogP contribution is 2.38. The first-order valence-electron chi connectivity index (χ1n) is 4.09. The molecule has 1 heterocycles. The molecule has 2 rings (SSSR count). The highest BCUT2D eigenvalue weighted by atomic mass is 16.1. The van der Waals surface area contributed by atoms with Gasteiger partial charge in [0.2, 0.25) is 0 Å². The standard InChI is InChI=1S/C8H11N3O/c1-2-5-11-7(6-3-4-6)9-10-8(11)12/h2,6H,1,3-5H2,(H,10,12). The van der Waals surface area contributed by atoms with Crippen molar-refractivity contribution in [3.63, 3.8) is 0 Å². The summed E-state index contributed by atoms with van der Waals surface area (Å²) in [5, 5.41) is 6.43. The van der Waals surface area contributed by atoms with Gasteiger partial charge in [-0.05, 0) is 12.8 Å². The summed E-state index contributed by atoms with van der Waals surface area (Å²) in [5.41, 5.74) is -0.128. The number of nitrogens with zero attached hydrogens (tertiary/aromatic N) is 2. The predicted molar refractivity (Wildman–Crippen MR) is 45.0 cm³/mol. The number of hydrogen-bond acceptors (Lipinski definition) is 2.